The lowest BCUT2D eigenvalue weighted by atomic mass is 10.1. The van der Waals surface area contributed by atoms with Crippen LogP contribution < -0.4 is 5.32 Å². The van der Waals surface area contributed by atoms with E-state index >= 15 is 0 Å². The molecule has 0 bridgehead atoms. The number of anilines is 1. The number of rotatable bonds is 3. The Balaban J connectivity index is 1.48. The minimum absolute atomic E-state index is 0.220. The van der Waals surface area contributed by atoms with Gasteiger partial charge in [-0.05, 0) is 48.0 Å². The van der Waals surface area contributed by atoms with Gasteiger partial charge in [0.2, 0.25) is 0 Å². The molecule has 0 aliphatic carbocycles. The first-order chi connectivity index (χ1) is 13.3. The summed E-state index contributed by atoms with van der Waals surface area (Å²) in [6.07, 6.45) is 8.79. The second-order valence-corrected chi connectivity index (χ2v) is 6.10. The highest BCUT2D eigenvalue weighted by atomic mass is 16.1. The van der Waals surface area contributed by atoms with Crippen molar-refractivity contribution in [2.24, 2.45) is 0 Å². The third kappa shape index (κ3) is 2.71. The van der Waals surface area contributed by atoms with E-state index in [-0.39, 0.29) is 5.91 Å². The number of nitrogens with one attached hydrogen (secondary N) is 2. The number of aromatic amines is 1. The first-order valence-electron chi connectivity index (χ1n) is 8.41. The van der Waals surface area contributed by atoms with Gasteiger partial charge in [0.25, 0.3) is 5.91 Å². The van der Waals surface area contributed by atoms with Gasteiger partial charge in [-0.2, -0.15) is 5.10 Å². The van der Waals surface area contributed by atoms with Crippen molar-refractivity contribution in [1.82, 2.24) is 24.6 Å². The number of nitrogens with zero attached hydrogens (tertiary/aromatic N) is 4. The molecule has 0 atom stereocenters. The minimum atomic E-state index is -0.220. The first kappa shape index (κ1) is 15.3. The number of pyridine rings is 3. The number of aromatic nitrogens is 5. The fourth-order valence-electron chi connectivity index (χ4n) is 3.09. The van der Waals surface area contributed by atoms with E-state index in [0.717, 1.165) is 22.0 Å². The van der Waals surface area contributed by atoms with Crippen LogP contribution in [0.2, 0.25) is 0 Å². The molecule has 0 aliphatic heterocycles. The third-order valence-electron chi connectivity index (χ3n) is 4.43. The van der Waals surface area contributed by atoms with Gasteiger partial charge in [0.05, 0.1) is 5.52 Å². The van der Waals surface area contributed by atoms with E-state index in [1.54, 1.807) is 36.8 Å². The second-order valence-electron chi connectivity index (χ2n) is 6.10. The molecule has 2 N–H and O–H groups in total. The Hall–Kier alpha value is -4.00. The van der Waals surface area contributed by atoms with Crippen LogP contribution in [0.25, 0.3) is 27.7 Å². The summed E-state index contributed by atoms with van der Waals surface area (Å²) in [5, 5.41) is 8.02. The summed E-state index contributed by atoms with van der Waals surface area (Å²) in [6, 6.07) is 13.1. The minimum Gasteiger partial charge on any atom is -0.345 e. The fourth-order valence-corrected chi connectivity index (χ4v) is 3.09. The fraction of sp³-hybridized carbons (Fsp3) is 0. The van der Waals surface area contributed by atoms with Crippen molar-refractivity contribution in [2.75, 3.05) is 5.32 Å². The predicted molar refractivity (Wildman–Crippen MR) is 102 cm³/mol. The summed E-state index contributed by atoms with van der Waals surface area (Å²) in [7, 11) is 0. The number of hydrogen-bond acceptors (Lipinski definition) is 4. The molecule has 1 amide bonds. The monoisotopic (exact) mass is 354 g/mol. The maximum atomic E-state index is 12.3. The van der Waals surface area contributed by atoms with Crippen molar-refractivity contribution in [3.63, 3.8) is 0 Å². The average Bonchev–Trinajstić information content (AvgIpc) is 3.34. The first-order valence-corrected chi connectivity index (χ1v) is 8.41. The molecule has 130 valence electrons. The van der Waals surface area contributed by atoms with Gasteiger partial charge in [0, 0.05) is 47.5 Å². The van der Waals surface area contributed by atoms with Gasteiger partial charge in [-0.25, -0.2) is 9.50 Å². The van der Waals surface area contributed by atoms with Crippen molar-refractivity contribution in [3.05, 3.63) is 79.0 Å². The van der Waals surface area contributed by atoms with Crippen molar-refractivity contribution < 1.29 is 4.79 Å². The van der Waals surface area contributed by atoms with Crippen LogP contribution in [0.4, 0.5) is 5.82 Å². The van der Waals surface area contributed by atoms with Crippen LogP contribution in [0, 0.1) is 0 Å². The summed E-state index contributed by atoms with van der Waals surface area (Å²) in [6.45, 7) is 0. The second kappa shape index (κ2) is 6.06. The van der Waals surface area contributed by atoms with Gasteiger partial charge < -0.3 is 10.3 Å². The molecule has 0 aromatic carbocycles. The molecule has 0 aliphatic rings. The Morgan fingerprint density at radius 2 is 1.93 bits per heavy atom. The van der Waals surface area contributed by atoms with Gasteiger partial charge in [-0.15, -0.1) is 0 Å². The van der Waals surface area contributed by atoms with Crippen LogP contribution in [-0.2, 0) is 0 Å². The Bertz CT molecular complexity index is 1270. The van der Waals surface area contributed by atoms with Crippen LogP contribution in [0.5, 0.6) is 0 Å². The number of amides is 1. The van der Waals surface area contributed by atoms with Crippen molar-refractivity contribution in [2.45, 2.75) is 0 Å². The summed E-state index contributed by atoms with van der Waals surface area (Å²) in [5.74, 6) is 0.270. The number of H-pyrrole nitrogens is 1. The molecule has 5 aromatic heterocycles. The van der Waals surface area contributed by atoms with Crippen LogP contribution in [0.15, 0.2) is 73.4 Å². The molecular weight excluding hydrogens is 340 g/mol. The molecule has 0 saturated heterocycles. The Kier molecular flexibility index (Phi) is 3.43. The smallest absolute Gasteiger partial charge is 0.256 e. The molecule has 7 nitrogen and oxygen atoms in total. The summed E-state index contributed by atoms with van der Waals surface area (Å²) in [4.78, 5) is 23.9. The third-order valence-corrected chi connectivity index (χ3v) is 4.43. The molecule has 0 unspecified atom stereocenters. The van der Waals surface area contributed by atoms with Crippen molar-refractivity contribution >= 4 is 28.3 Å². The maximum Gasteiger partial charge on any atom is 0.256 e. The molecule has 5 heterocycles. The molecule has 27 heavy (non-hydrogen) atoms. The molecule has 0 saturated carbocycles. The van der Waals surface area contributed by atoms with Crippen molar-refractivity contribution in [1.29, 1.82) is 0 Å². The number of fused-ring (bicyclic) bond motifs is 2. The van der Waals surface area contributed by atoms with Gasteiger partial charge in [0.15, 0.2) is 0 Å². The quantitative estimate of drug-likeness (QED) is 0.519. The van der Waals surface area contributed by atoms with Crippen molar-refractivity contribution in [3.8, 4) is 11.1 Å². The van der Waals surface area contributed by atoms with Crippen LogP contribution >= 0.6 is 0 Å². The standard InChI is InChI=1S/C20H14N6O/c27-20(13-3-7-21-8-4-13)25-18-2-1-16-17(12-22-19(16)24-18)14-6-10-26-15(11-14)5-9-23-26/h1-12H,(H2,22,24,25,27). The van der Waals surface area contributed by atoms with Gasteiger partial charge >= 0.3 is 0 Å². The molecule has 0 radical (unpaired) electrons. The molecule has 5 rings (SSSR count). The average molecular weight is 354 g/mol. The highest BCUT2D eigenvalue weighted by molar-refractivity contribution is 6.04. The molecular formula is C20H14N6O. The zero-order valence-corrected chi connectivity index (χ0v) is 14.1. The number of carbonyl (C=O) groups is 1. The van der Waals surface area contributed by atoms with Crippen LogP contribution in [-0.4, -0.2) is 30.5 Å². The largest absolute Gasteiger partial charge is 0.345 e. The lowest BCUT2D eigenvalue weighted by Gasteiger charge is -2.05. The topological polar surface area (TPSA) is 88.0 Å². The van der Waals surface area contributed by atoms with E-state index in [9.17, 15) is 4.79 Å². The lowest BCUT2D eigenvalue weighted by molar-refractivity contribution is 0.102. The van der Waals surface area contributed by atoms with E-state index in [1.165, 1.54) is 0 Å². The normalized spacial score (nSPS) is 11.1. The van der Waals surface area contributed by atoms with E-state index < -0.39 is 0 Å². The summed E-state index contributed by atoms with van der Waals surface area (Å²) in [5.41, 5.74) is 4.40. The molecule has 0 fully saturated rings. The highest BCUT2D eigenvalue weighted by Gasteiger charge is 2.11. The van der Waals surface area contributed by atoms with E-state index in [4.69, 9.17) is 0 Å². The van der Waals surface area contributed by atoms with Gasteiger partial charge in [0.1, 0.15) is 11.5 Å². The lowest BCUT2D eigenvalue weighted by Crippen LogP contribution is -2.12. The van der Waals surface area contributed by atoms with Crippen LogP contribution in [0.3, 0.4) is 0 Å². The molecule has 5 aromatic rings. The van der Waals surface area contributed by atoms with E-state index in [0.29, 0.717) is 17.0 Å². The Labute approximate surface area is 153 Å². The summed E-state index contributed by atoms with van der Waals surface area (Å²) >= 11 is 0. The van der Waals surface area contributed by atoms with Crippen LogP contribution in [0.1, 0.15) is 10.4 Å². The maximum absolute atomic E-state index is 12.3. The molecule has 7 heteroatoms. The van der Waals surface area contributed by atoms with Gasteiger partial charge in [-0.3, -0.25) is 9.78 Å². The SMILES string of the molecule is O=C(Nc1ccc2c(-c3ccn4nccc4c3)c[nH]c2n1)c1ccncc1. The number of hydrogen-bond donors (Lipinski definition) is 2. The number of carbonyl (C=O) groups excluding carboxylic acids is 1. The van der Waals surface area contributed by atoms with E-state index in [1.807, 2.05) is 35.1 Å². The predicted octanol–water partition coefficient (Wildman–Crippen LogP) is 3.52. The zero-order chi connectivity index (χ0) is 18.2. The Morgan fingerprint density at radius 1 is 1.04 bits per heavy atom. The Morgan fingerprint density at radius 3 is 2.81 bits per heavy atom. The van der Waals surface area contributed by atoms with E-state index in [2.05, 4.69) is 31.4 Å². The molecule has 0 spiro atoms. The summed E-state index contributed by atoms with van der Waals surface area (Å²) < 4.78 is 1.82. The van der Waals surface area contributed by atoms with Gasteiger partial charge in [-0.1, -0.05) is 0 Å². The zero-order valence-electron chi connectivity index (χ0n) is 14.1. The highest BCUT2D eigenvalue weighted by Crippen LogP contribution is 2.29.